The lowest BCUT2D eigenvalue weighted by molar-refractivity contribution is 0.282. The molecular weight excluding hydrogens is 188 g/mol. The monoisotopic (exact) mass is 204 g/mol. The van der Waals surface area contributed by atoms with Gasteiger partial charge in [-0.05, 0) is 17.7 Å². The van der Waals surface area contributed by atoms with Crippen LogP contribution in [0.15, 0.2) is 18.2 Å². The molecule has 3 heteroatoms. The van der Waals surface area contributed by atoms with Crippen molar-refractivity contribution in [2.45, 2.75) is 26.4 Å². The van der Waals surface area contributed by atoms with Crippen molar-refractivity contribution in [2.24, 2.45) is 7.05 Å². The van der Waals surface area contributed by atoms with E-state index in [1.54, 1.807) is 0 Å². The Labute approximate surface area is 89.4 Å². The Morgan fingerprint density at radius 1 is 1.40 bits per heavy atom. The van der Waals surface area contributed by atoms with Gasteiger partial charge in [0.1, 0.15) is 5.82 Å². The fourth-order valence-corrected chi connectivity index (χ4v) is 1.88. The van der Waals surface area contributed by atoms with Crippen molar-refractivity contribution in [1.29, 1.82) is 0 Å². The molecule has 15 heavy (non-hydrogen) atoms. The highest BCUT2D eigenvalue weighted by atomic mass is 16.3. The maximum atomic E-state index is 9.05. The number of aryl methyl sites for hydroxylation is 1. The summed E-state index contributed by atoms with van der Waals surface area (Å²) in [5, 5.41) is 9.05. The zero-order valence-corrected chi connectivity index (χ0v) is 9.36. The molecule has 2 aromatic rings. The lowest BCUT2D eigenvalue weighted by atomic mass is 10.2. The van der Waals surface area contributed by atoms with E-state index in [9.17, 15) is 0 Å². The first-order valence-electron chi connectivity index (χ1n) is 5.19. The number of aromatic nitrogens is 2. The van der Waals surface area contributed by atoms with Gasteiger partial charge in [-0.15, -0.1) is 0 Å². The van der Waals surface area contributed by atoms with E-state index >= 15 is 0 Å². The summed E-state index contributed by atoms with van der Waals surface area (Å²) in [5.41, 5.74) is 3.00. The largest absolute Gasteiger partial charge is 0.392 e. The van der Waals surface area contributed by atoms with Gasteiger partial charge in [0.05, 0.1) is 17.6 Å². The molecule has 3 nitrogen and oxygen atoms in total. The van der Waals surface area contributed by atoms with Crippen molar-refractivity contribution in [1.82, 2.24) is 9.55 Å². The normalized spacial score (nSPS) is 11.5. The van der Waals surface area contributed by atoms with Gasteiger partial charge >= 0.3 is 0 Å². The van der Waals surface area contributed by atoms with Gasteiger partial charge in [-0.1, -0.05) is 19.9 Å². The zero-order chi connectivity index (χ0) is 11.0. The summed E-state index contributed by atoms with van der Waals surface area (Å²) < 4.78 is 2.11. The van der Waals surface area contributed by atoms with E-state index in [0.717, 1.165) is 22.4 Å². The highest BCUT2D eigenvalue weighted by Gasteiger charge is 2.10. The van der Waals surface area contributed by atoms with Crippen molar-refractivity contribution in [3.8, 4) is 0 Å². The lowest BCUT2D eigenvalue weighted by Gasteiger charge is -2.04. The van der Waals surface area contributed by atoms with Crippen LogP contribution in [0.2, 0.25) is 0 Å². The summed E-state index contributed by atoms with van der Waals surface area (Å²) in [6.07, 6.45) is 0. The van der Waals surface area contributed by atoms with Gasteiger partial charge in [0.15, 0.2) is 0 Å². The molecule has 0 bridgehead atoms. The van der Waals surface area contributed by atoms with Crippen LogP contribution in [0, 0.1) is 0 Å². The topological polar surface area (TPSA) is 38.1 Å². The second-order valence-corrected chi connectivity index (χ2v) is 4.16. The molecule has 1 N–H and O–H groups in total. The van der Waals surface area contributed by atoms with Crippen molar-refractivity contribution in [3.63, 3.8) is 0 Å². The van der Waals surface area contributed by atoms with Crippen molar-refractivity contribution < 1.29 is 5.11 Å². The minimum Gasteiger partial charge on any atom is -0.392 e. The Kier molecular flexibility index (Phi) is 2.49. The first-order valence-corrected chi connectivity index (χ1v) is 5.19. The number of imidazole rings is 1. The van der Waals surface area contributed by atoms with Crippen LogP contribution in [0.5, 0.6) is 0 Å². The molecule has 2 rings (SSSR count). The van der Waals surface area contributed by atoms with Crippen LogP contribution >= 0.6 is 0 Å². The highest BCUT2D eigenvalue weighted by Crippen LogP contribution is 2.21. The third-order valence-electron chi connectivity index (χ3n) is 2.68. The number of hydrogen-bond acceptors (Lipinski definition) is 2. The summed E-state index contributed by atoms with van der Waals surface area (Å²) in [4.78, 5) is 4.57. The van der Waals surface area contributed by atoms with Gasteiger partial charge in [0.25, 0.3) is 0 Å². The number of fused-ring (bicyclic) bond motifs is 1. The van der Waals surface area contributed by atoms with Crippen LogP contribution in [0.3, 0.4) is 0 Å². The number of nitrogens with zero attached hydrogens (tertiary/aromatic N) is 2. The molecular formula is C12H16N2O. The average molecular weight is 204 g/mol. The summed E-state index contributed by atoms with van der Waals surface area (Å²) in [7, 11) is 2.03. The fraction of sp³-hybridized carbons (Fsp3) is 0.417. The number of benzene rings is 1. The molecule has 1 heterocycles. The minimum absolute atomic E-state index is 0.0729. The Morgan fingerprint density at radius 3 is 2.73 bits per heavy atom. The number of hydrogen-bond donors (Lipinski definition) is 1. The molecule has 0 amide bonds. The lowest BCUT2D eigenvalue weighted by Crippen LogP contribution is -1.99. The molecule has 0 atom stereocenters. The highest BCUT2D eigenvalue weighted by molar-refractivity contribution is 5.76. The van der Waals surface area contributed by atoms with Gasteiger partial charge in [0.2, 0.25) is 0 Å². The summed E-state index contributed by atoms with van der Waals surface area (Å²) in [6.45, 7) is 4.34. The van der Waals surface area contributed by atoms with Crippen LogP contribution in [-0.2, 0) is 13.7 Å². The maximum absolute atomic E-state index is 9.05. The van der Waals surface area contributed by atoms with E-state index in [1.807, 2.05) is 25.2 Å². The summed E-state index contributed by atoms with van der Waals surface area (Å²) >= 11 is 0. The molecule has 0 saturated carbocycles. The van der Waals surface area contributed by atoms with E-state index in [2.05, 4.69) is 23.4 Å². The number of aliphatic hydroxyl groups excluding tert-OH is 1. The number of aliphatic hydroxyl groups is 1. The summed E-state index contributed by atoms with van der Waals surface area (Å²) in [6, 6.07) is 5.90. The SMILES string of the molecule is CC(C)c1nc2cc(CO)ccc2n1C. The molecule has 0 aliphatic carbocycles. The molecule has 1 aromatic carbocycles. The van der Waals surface area contributed by atoms with Crippen molar-refractivity contribution >= 4 is 11.0 Å². The molecule has 80 valence electrons. The Morgan fingerprint density at radius 2 is 2.13 bits per heavy atom. The molecule has 0 spiro atoms. The average Bonchev–Trinajstić information content (AvgIpc) is 2.55. The van der Waals surface area contributed by atoms with E-state index in [1.165, 1.54) is 0 Å². The Hall–Kier alpha value is -1.35. The maximum Gasteiger partial charge on any atom is 0.112 e. The van der Waals surface area contributed by atoms with Gasteiger partial charge in [-0.25, -0.2) is 4.98 Å². The van der Waals surface area contributed by atoms with Crippen molar-refractivity contribution in [3.05, 3.63) is 29.6 Å². The quantitative estimate of drug-likeness (QED) is 0.814. The molecule has 0 fully saturated rings. The van der Waals surface area contributed by atoms with Gasteiger partial charge in [-0.2, -0.15) is 0 Å². The van der Waals surface area contributed by atoms with Crippen molar-refractivity contribution in [2.75, 3.05) is 0 Å². The first-order chi connectivity index (χ1) is 7.13. The molecule has 1 aromatic heterocycles. The zero-order valence-electron chi connectivity index (χ0n) is 9.36. The summed E-state index contributed by atoms with van der Waals surface area (Å²) in [5.74, 6) is 1.50. The minimum atomic E-state index is 0.0729. The Balaban J connectivity index is 2.65. The molecule has 0 saturated heterocycles. The fourth-order valence-electron chi connectivity index (χ4n) is 1.88. The first kappa shape index (κ1) is 10.2. The van der Waals surface area contributed by atoms with Crippen LogP contribution < -0.4 is 0 Å². The molecule has 0 radical (unpaired) electrons. The van der Waals surface area contributed by atoms with E-state index in [-0.39, 0.29) is 6.61 Å². The van der Waals surface area contributed by atoms with Crippen LogP contribution in [0.25, 0.3) is 11.0 Å². The van der Waals surface area contributed by atoms with E-state index in [4.69, 9.17) is 5.11 Å². The van der Waals surface area contributed by atoms with Gasteiger partial charge in [-0.3, -0.25) is 0 Å². The molecule has 0 aliphatic heterocycles. The third kappa shape index (κ3) is 1.63. The van der Waals surface area contributed by atoms with Crippen LogP contribution in [0.4, 0.5) is 0 Å². The molecule has 0 aliphatic rings. The van der Waals surface area contributed by atoms with Gasteiger partial charge < -0.3 is 9.67 Å². The standard InChI is InChI=1S/C12H16N2O/c1-8(2)12-13-10-6-9(7-15)4-5-11(10)14(12)3/h4-6,8,15H,7H2,1-3H3. The van der Waals surface area contributed by atoms with Gasteiger partial charge in [0, 0.05) is 13.0 Å². The number of rotatable bonds is 2. The third-order valence-corrected chi connectivity index (χ3v) is 2.68. The van der Waals surface area contributed by atoms with E-state index in [0.29, 0.717) is 5.92 Å². The second kappa shape index (κ2) is 3.66. The predicted octanol–water partition coefficient (Wildman–Crippen LogP) is 2.19. The molecule has 0 unspecified atom stereocenters. The Bertz CT molecular complexity index is 486. The predicted molar refractivity (Wildman–Crippen MR) is 60.7 cm³/mol. The van der Waals surface area contributed by atoms with Crippen LogP contribution in [-0.4, -0.2) is 14.7 Å². The van der Waals surface area contributed by atoms with E-state index < -0.39 is 0 Å². The second-order valence-electron chi connectivity index (χ2n) is 4.16. The van der Waals surface area contributed by atoms with Crippen LogP contribution in [0.1, 0.15) is 31.2 Å². The smallest absolute Gasteiger partial charge is 0.112 e.